The quantitative estimate of drug-likeness (QED) is 0.740. The van der Waals surface area contributed by atoms with Crippen molar-refractivity contribution in [2.45, 2.75) is 20.4 Å². The second kappa shape index (κ2) is 10.5. The minimum Gasteiger partial charge on any atom is -0.339 e. The standard InChI is InChI=1S/C24H31FN4O2/c1-18-5-4-6-20(13-18)15-28-9-11-29(12-10-28)24(31)17-27(3)16-23(30)26-21-8-7-19(2)22(25)14-21/h4-8,13-14H,9-12,15-17H2,1-3H3,(H,26,30). The first-order valence-electron chi connectivity index (χ1n) is 10.6. The SMILES string of the molecule is Cc1cccc(CN2CCN(C(=O)CN(C)CC(=O)Nc3ccc(C)c(F)c3)CC2)c1. The zero-order valence-electron chi connectivity index (χ0n) is 18.5. The van der Waals surface area contributed by atoms with Crippen LogP contribution in [0, 0.1) is 19.7 Å². The zero-order chi connectivity index (χ0) is 22.4. The van der Waals surface area contributed by atoms with Gasteiger partial charge in [-0.2, -0.15) is 0 Å². The second-order valence-corrected chi connectivity index (χ2v) is 8.33. The lowest BCUT2D eigenvalue weighted by molar-refractivity contribution is -0.134. The second-order valence-electron chi connectivity index (χ2n) is 8.33. The molecule has 0 saturated carbocycles. The monoisotopic (exact) mass is 426 g/mol. The Labute approximate surface area is 183 Å². The third-order valence-electron chi connectivity index (χ3n) is 5.49. The van der Waals surface area contributed by atoms with E-state index in [4.69, 9.17) is 0 Å². The van der Waals surface area contributed by atoms with Crippen LogP contribution in [-0.2, 0) is 16.1 Å². The molecule has 0 bridgehead atoms. The predicted molar refractivity (Wildman–Crippen MR) is 120 cm³/mol. The lowest BCUT2D eigenvalue weighted by atomic mass is 10.1. The third-order valence-corrected chi connectivity index (χ3v) is 5.49. The summed E-state index contributed by atoms with van der Waals surface area (Å²) in [4.78, 5) is 30.7. The lowest BCUT2D eigenvalue weighted by Gasteiger charge is -2.35. The third kappa shape index (κ3) is 6.87. The fourth-order valence-electron chi connectivity index (χ4n) is 3.73. The number of benzene rings is 2. The van der Waals surface area contributed by atoms with Gasteiger partial charge < -0.3 is 10.2 Å². The molecule has 0 spiro atoms. The van der Waals surface area contributed by atoms with Gasteiger partial charge in [0.2, 0.25) is 11.8 Å². The fourth-order valence-corrected chi connectivity index (χ4v) is 3.73. The highest BCUT2D eigenvalue weighted by Crippen LogP contribution is 2.14. The molecule has 0 radical (unpaired) electrons. The minimum atomic E-state index is -0.358. The number of nitrogens with zero attached hydrogens (tertiary/aromatic N) is 3. The van der Waals surface area contributed by atoms with E-state index in [1.165, 1.54) is 17.2 Å². The van der Waals surface area contributed by atoms with Gasteiger partial charge in [0.1, 0.15) is 5.82 Å². The van der Waals surface area contributed by atoms with Crippen molar-refractivity contribution >= 4 is 17.5 Å². The van der Waals surface area contributed by atoms with Crippen molar-refractivity contribution < 1.29 is 14.0 Å². The van der Waals surface area contributed by atoms with Gasteiger partial charge in [0, 0.05) is 38.4 Å². The molecule has 166 valence electrons. The van der Waals surface area contributed by atoms with Crippen LogP contribution in [0.4, 0.5) is 10.1 Å². The van der Waals surface area contributed by atoms with E-state index in [0.717, 1.165) is 19.6 Å². The van der Waals surface area contributed by atoms with Crippen LogP contribution < -0.4 is 5.32 Å². The van der Waals surface area contributed by atoms with E-state index in [9.17, 15) is 14.0 Å². The number of halogens is 1. The van der Waals surface area contributed by atoms with Crippen LogP contribution >= 0.6 is 0 Å². The smallest absolute Gasteiger partial charge is 0.238 e. The molecule has 2 amide bonds. The summed E-state index contributed by atoms with van der Waals surface area (Å²) in [6, 6.07) is 13.1. The summed E-state index contributed by atoms with van der Waals surface area (Å²) < 4.78 is 13.6. The highest BCUT2D eigenvalue weighted by Gasteiger charge is 2.22. The highest BCUT2D eigenvalue weighted by atomic mass is 19.1. The fraction of sp³-hybridized carbons (Fsp3) is 0.417. The maximum Gasteiger partial charge on any atom is 0.238 e. The van der Waals surface area contributed by atoms with Crippen molar-refractivity contribution in [2.75, 3.05) is 51.6 Å². The molecule has 7 heteroatoms. The topological polar surface area (TPSA) is 55.9 Å². The van der Waals surface area contributed by atoms with Gasteiger partial charge in [-0.3, -0.25) is 19.4 Å². The van der Waals surface area contributed by atoms with Crippen molar-refractivity contribution in [3.63, 3.8) is 0 Å². The Balaban J connectivity index is 1.40. The molecule has 1 saturated heterocycles. The number of aryl methyl sites for hydroxylation is 2. The summed E-state index contributed by atoms with van der Waals surface area (Å²) in [7, 11) is 1.74. The Bertz CT molecular complexity index is 926. The number of hydrogen-bond acceptors (Lipinski definition) is 4. The van der Waals surface area contributed by atoms with Crippen molar-refractivity contribution in [1.29, 1.82) is 0 Å². The van der Waals surface area contributed by atoms with Crippen LogP contribution in [0.2, 0.25) is 0 Å². The molecule has 1 fully saturated rings. The Morgan fingerprint density at radius 2 is 1.77 bits per heavy atom. The summed E-state index contributed by atoms with van der Waals surface area (Å²) in [6.45, 7) is 7.94. The van der Waals surface area contributed by atoms with Gasteiger partial charge in [0.05, 0.1) is 13.1 Å². The number of rotatable bonds is 7. The van der Waals surface area contributed by atoms with Crippen LogP contribution in [0.15, 0.2) is 42.5 Å². The van der Waals surface area contributed by atoms with E-state index in [2.05, 4.69) is 41.4 Å². The van der Waals surface area contributed by atoms with E-state index >= 15 is 0 Å². The highest BCUT2D eigenvalue weighted by molar-refractivity contribution is 5.92. The molecule has 31 heavy (non-hydrogen) atoms. The normalized spacial score (nSPS) is 14.7. The van der Waals surface area contributed by atoms with E-state index in [0.29, 0.717) is 24.3 Å². The summed E-state index contributed by atoms with van der Waals surface area (Å²) in [5, 5.41) is 2.67. The minimum absolute atomic E-state index is 0.0203. The maximum absolute atomic E-state index is 13.6. The van der Waals surface area contributed by atoms with Crippen LogP contribution in [0.5, 0.6) is 0 Å². The van der Waals surface area contributed by atoms with Gasteiger partial charge in [0.15, 0.2) is 0 Å². The summed E-state index contributed by atoms with van der Waals surface area (Å²) in [6.07, 6.45) is 0. The first-order valence-corrected chi connectivity index (χ1v) is 10.6. The number of anilines is 1. The van der Waals surface area contributed by atoms with Crippen LogP contribution in [-0.4, -0.2) is 72.8 Å². The molecule has 1 N–H and O–H groups in total. The molecule has 6 nitrogen and oxygen atoms in total. The number of carbonyl (C=O) groups excluding carboxylic acids is 2. The Morgan fingerprint density at radius 1 is 1.03 bits per heavy atom. The molecule has 0 aromatic heterocycles. The average molecular weight is 427 g/mol. The number of likely N-dealkylation sites (N-methyl/N-ethyl adjacent to an activating group) is 1. The molecule has 0 unspecified atom stereocenters. The van der Waals surface area contributed by atoms with Crippen molar-refractivity contribution in [3.8, 4) is 0 Å². The maximum atomic E-state index is 13.6. The molecule has 0 atom stereocenters. The average Bonchev–Trinajstić information content (AvgIpc) is 2.71. The van der Waals surface area contributed by atoms with E-state index < -0.39 is 0 Å². The van der Waals surface area contributed by atoms with Gasteiger partial charge in [-0.1, -0.05) is 35.9 Å². The van der Waals surface area contributed by atoms with Crippen LogP contribution in [0.1, 0.15) is 16.7 Å². The first kappa shape index (κ1) is 22.9. The molecule has 1 aliphatic heterocycles. The molecule has 2 aromatic carbocycles. The Kier molecular flexibility index (Phi) is 7.76. The van der Waals surface area contributed by atoms with Crippen molar-refractivity contribution in [2.24, 2.45) is 0 Å². The number of nitrogens with one attached hydrogen (secondary N) is 1. The zero-order valence-corrected chi connectivity index (χ0v) is 18.5. The number of carbonyl (C=O) groups is 2. The van der Waals surface area contributed by atoms with Gasteiger partial charge in [-0.05, 0) is 44.2 Å². The van der Waals surface area contributed by atoms with Gasteiger partial charge in [-0.15, -0.1) is 0 Å². The number of hydrogen-bond donors (Lipinski definition) is 1. The number of amides is 2. The molecule has 1 heterocycles. The first-order chi connectivity index (χ1) is 14.8. The molecular weight excluding hydrogens is 395 g/mol. The number of piperazine rings is 1. The van der Waals surface area contributed by atoms with Crippen LogP contribution in [0.25, 0.3) is 0 Å². The summed E-state index contributed by atoms with van der Waals surface area (Å²) >= 11 is 0. The Hall–Kier alpha value is -2.77. The largest absolute Gasteiger partial charge is 0.339 e. The molecule has 0 aliphatic carbocycles. The van der Waals surface area contributed by atoms with Gasteiger partial charge in [0.25, 0.3) is 0 Å². The van der Waals surface area contributed by atoms with Gasteiger partial charge >= 0.3 is 0 Å². The molecule has 1 aliphatic rings. The van der Waals surface area contributed by atoms with Crippen molar-refractivity contribution in [1.82, 2.24) is 14.7 Å². The van der Waals surface area contributed by atoms with Gasteiger partial charge in [-0.25, -0.2) is 4.39 Å². The molecule has 2 aromatic rings. The summed E-state index contributed by atoms with van der Waals surface area (Å²) in [5.74, 6) is -0.615. The Morgan fingerprint density at radius 3 is 2.45 bits per heavy atom. The van der Waals surface area contributed by atoms with E-state index in [1.807, 2.05) is 4.90 Å². The van der Waals surface area contributed by atoms with Crippen molar-refractivity contribution in [3.05, 3.63) is 65.0 Å². The van der Waals surface area contributed by atoms with Crippen LogP contribution in [0.3, 0.4) is 0 Å². The lowest BCUT2D eigenvalue weighted by Crippen LogP contribution is -2.51. The predicted octanol–water partition coefficient (Wildman–Crippen LogP) is 2.66. The van der Waals surface area contributed by atoms with E-state index in [-0.39, 0.29) is 30.7 Å². The molecule has 3 rings (SSSR count). The molecular formula is C24H31FN4O2. The summed E-state index contributed by atoms with van der Waals surface area (Å²) in [5.41, 5.74) is 3.49. The van der Waals surface area contributed by atoms with E-state index in [1.54, 1.807) is 31.0 Å².